The number of para-hydroxylation sites is 1. The van der Waals surface area contributed by atoms with E-state index in [9.17, 15) is 0 Å². The quantitative estimate of drug-likeness (QED) is 0.687. The predicted octanol–water partition coefficient (Wildman–Crippen LogP) is 3.05. The first-order valence-corrected chi connectivity index (χ1v) is 9.18. The highest BCUT2D eigenvalue weighted by molar-refractivity contribution is 5.64. The zero-order valence-electron chi connectivity index (χ0n) is 15.1. The molecule has 0 saturated heterocycles. The Bertz CT molecular complexity index is 859. The number of likely N-dealkylation sites (N-methyl/N-ethyl adjacent to an activating group) is 1. The molecule has 26 heavy (non-hydrogen) atoms. The highest BCUT2D eigenvalue weighted by atomic mass is 16.5. The molecular formula is C21H24N4O. The maximum absolute atomic E-state index is 5.86. The Kier molecular flexibility index (Phi) is 4.97. The molecular weight excluding hydrogens is 324 g/mol. The summed E-state index contributed by atoms with van der Waals surface area (Å²) in [6, 6.07) is 18.7. The van der Waals surface area contributed by atoms with Crippen LogP contribution in [0.2, 0.25) is 0 Å². The smallest absolute Gasteiger partial charge is 0.167 e. The van der Waals surface area contributed by atoms with E-state index < -0.39 is 0 Å². The minimum Gasteiger partial charge on any atom is -0.491 e. The van der Waals surface area contributed by atoms with Gasteiger partial charge in [-0.05, 0) is 31.2 Å². The van der Waals surface area contributed by atoms with Crippen LogP contribution >= 0.6 is 0 Å². The summed E-state index contributed by atoms with van der Waals surface area (Å²) in [5, 5.41) is 8.90. The fourth-order valence-electron chi connectivity index (χ4n) is 3.35. The van der Waals surface area contributed by atoms with E-state index in [-0.39, 0.29) is 0 Å². The standard InChI is InChI=1S/C21H24N4O/c1-24(13-11-17-7-3-2-4-8-17)14-12-20-22-23-21-18-9-5-6-10-19(18)26-16-15-25(20)21/h2-10H,11-16H2,1H3. The van der Waals surface area contributed by atoms with E-state index in [1.807, 2.05) is 18.2 Å². The summed E-state index contributed by atoms with van der Waals surface area (Å²) < 4.78 is 8.06. The first-order valence-electron chi connectivity index (χ1n) is 9.18. The second-order valence-corrected chi connectivity index (χ2v) is 6.72. The van der Waals surface area contributed by atoms with Crippen LogP contribution in [0.4, 0.5) is 0 Å². The summed E-state index contributed by atoms with van der Waals surface area (Å²) in [7, 11) is 2.17. The van der Waals surface area contributed by atoms with E-state index in [0.29, 0.717) is 6.61 Å². The lowest BCUT2D eigenvalue weighted by Crippen LogP contribution is -2.25. The van der Waals surface area contributed by atoms with Crippen molar-refractivity contribution in [1.82, 2.24) is 19.7 Å². The van der Waals surface area contributed by atoms with Gasteiger partial charge in [-0.1, -0.05) is 42.5 Å². The van der Waals surface area contributed by atoms with Gasteiger partial charge in [-0.15, -0.1) is 10.2 Å². The van der Waals surface area contributed by atoms with Gasteiger partial charge in [0.1, 0.15) is 18.2 Å². The number of benzene rings is 2. The van der Waals surface area contributed by atoms with Crippen LogP contribution in [0, 0.1) is 0 Å². The molecule has 0 N–H and O–H groups in total. The molecule has 2 aromatic carbocycles. The molecule has 0 saturated carbocycles. The first kappa shape index (κ1) is 16.8. The average Bonchev–Trinajstić information content (AvgIpc) is 2.99. The normalized spacial score (nSPS) is 13.0. The Labute approximate surface area is 154 Å². The predicted molar refractivity (Wildman–Crippen MR) is 102 cm³/mol. The number of nitrogens with zero attached hydrogens (tertiary/aromatic N) is 4. The van der Waals surface area contributed by atoms with Crippen molar-refractivity contribution in [2.45, 2.75) is 19.4 Å². The molecule has 5 nitrogen and oxygen atoms in total. The molecule has 0 unspecified atom stereocenters. The molecule has 3 aromatic rings. The minimum absolute atomic E-state index is 0.652. The summed E-state index contributed by atoms with van der Waals surface area (Å²) >= 11 is 0. The molecule has 4 rings (SSSR count). The van der Waals surface area contributed by atoms with Crippen molar-refractivity contribution in [3.05, 3.63) is 66.0 Å². The fourth-order valence-corrected chi connectivity index (χ4v) is 3.35. The number of ether oxygens (including phenoxy) is 1. The maximum atomic E-state index is 5.86. The van der Waals surface area contributed by atoms with Crippen LogP contribution in [-0.4, -0.2) is 46.4 Å². The van der Waals surface area contributed by atoms with E-state index in [4.69, 9.17) is 4.74 Å². The van der Waals surface area contributed by atoms with Crippen molar-refractivity contribution in [3.63, 3.8) is 0 Å². The Hall–Kier alpha value is -2.66. The van der Waals surface area contributed by atoms with Crippen LogP contribution in [-0.2, 0) is 19.4 Å². The van der Waals surface area contributed by atoms with Crippen LogP contribution in [0.15, 0.2) is 54.6 Å². The lowest BCUT2D eigenvalue weighted by Gasteiger charge is -2.16. The number of hydrogen-bond acceptors (Lipinski definition) is 4. The van der Waals surface area contributed by atoms with Crippen molar-refractivity contribution in [1.29, 1.82) is 0 Å². The van der Waals surface area contributed by atoms with Gasteiger partial charge in [0.25, 0.3) is 0 Å². The van der Waals surface area contributed by atoms with Gasteiger partial charge in [0.05, 0.1) is 12.1 Å². The van der Waals surface area contributed by atoms with E-state index in [1.165, 1.54) is 5.56 Å². The molecule has 0 atom stereocenters. The third kappa shape index (κ3) is 3.63. The molecule has 0 aliphatic carbocycles. The molecule has 1 aromatic heterocycles. The molecule has 0 bridgehead atoms. The second-order valence-electron chi connectivity index (χ2n) is 6.72. The van der Waals surface area contributed by atoms with Crippen molar-refractivity contribution >= 4 is 0 Å². The summed E-state index contributed by atoms with van der Waals surface area (Å²) in [5.41, 5.74) is 2.41. The van der Waals surface area contributed by atoms with Gasteiger partial charge in [-0.3, -0.25) is 0 Å². The lowest BCUT2D eigenvalue weighted by molar-refractivity contribution is 0.301. The Morgan fingerprint density at radius 1 is 0.962 bits per heavy atom. The van der Waals surface area contributed by atoms with Crippen molar-refractivity contribution < 1.29 is 4.74 Å². The minimum atomic E-state index is 0.652. The molecule has 5 heteroatoms. The van der Waals surface area contributed by atoms with Crippen molar-refractivity contribution in [2.24, 2.45) is 0 Å². The first-order chi connectivity index (χ1) is 12.8. The zero-order chi connectivity index (χ0) is 17.8. The SMILES string of the molecule is CN(CCc1ccccc1)CCc1nnc2n1CCOc1ccccc1-2. The van der Waals surface area contributed by atoms with Gasteiger partial charge in [0.2, 0.25) is 0 Å². The van der Waals surface area contributed by atoms with Crippen molar-refractivity contribution in [2.75, 3.05) is 26.7 Å². The van der Waals surface area contributed by atoms with E-state index in [0.717, 1.165) is 55.4 Å². The van der Waals surface area contributed by atoms with Crippen LogP contribution in [0.3, 0.4) is 0 Å². The molecule has 0 fully saturated rings. The third-order valence-electron chi connectivity index (χ3n) is 4.87. The third-order valence-corrected chi connectivity index (χ3v) is 4.87. The number of rotatable bonds is 6. The van der Waals surface area contributed by atoms with Crippen LogP contribution in [0.5, 0.6) is 5.75 Å². The summed E-state index contributed by atoms with van der Waals surface area (Å²) in [4.78, 5) is 2.36. The molecule has 134 valence electrons. The molecule has 1 aliphatic heterocycles. The fraction of sp³-hybridized carbons (Fsp3) is 0.333. The van der Waals surface area contributed by atoms with E-state index in [1.54, 1.807) is 0 Å². The zero-order valence-corrected chi connectivity index (χ0v) is 15.1. The highest BCUT2D eigenvalue weighted by Crippen LogP contribution is 2.31. The topological polar surface area (TPSA) is 43.2 Å². The number of fused-ring (bicyclic) bond motifs is 3. The maximum Gasteiger partial charge on any atom is 0.167 e. The van der Waals surface area contributed by atoms with E-state index in [2.05, 4.69) is 63.1 Å². The Morgan fingerprint density at radius 3 is 2.62 bits per heavy atom. The lowest BCUT2D eigenvalue weighted by atomic mass is 10.1. The highest BCUT2D eigenvalue weighted by Gasteiger charge is 2.20. The monoisotopic (exact) mass is 348 g/mol. The molecule has 2 heterocycles. The molecule has 0 spiro atoms. The number of aromatic nitrogens is 3. The van der Waals surface area contributed by atoms with E-state index >= 15 is 0 Å². The molecule has 0 radical (unpaired) electrons. The summed E-state index contributed by atoms with van der Waals surface area (Å²) in [6.45, 7) is 3.45. The second kappa shape index (κ2) is 7.70. The molecule has 1 aliphatic rings. The van der Waals surface area contributed by atoms with Gasteiger partial charge in [0, 0.05) is 19.5 Å². The van der Waals surface area contributed by atoms with Gasteiger partial charge in [0.15, 0.2) is 5.82 Å². The van der Waals surface area contributed by atoms with Gasteiger partial charge in [-0.2, -0.15) is 0 Å². The van der Waals surface area contributed by atoms with Crippen molar-refractivity contribution in [3.8, 4) is 17.1 Å². The number of hydrogen-bond donors (Lipinski definition) is 0. The summed E-state index contributed by atoms with van der Waals surface area (Å²) in [6.07, 6.45) is 1.96. The van der Waals surface area contributed by atoms with Gasteiger partial charge < -0.3 is 14.2 Å². The Balaban J connectivity index is 1.40. The van der Waals surface area contributed by atoms with Crippen LogP contribution < -0.4 is 4.74 Å². The molecule has 0 amide bonds. The summed E-state index contributed by atoms with van der Waals surface area (Å²) in [5.74, 6) is 2.84. The van der Waals surface area contributed by atoms with Gasteiger partial charge in [-0.25, -0.2) is 0 Å². The van der Waals surface area contributed by atoms with Gasteiger partial charge >= 0.3 is 0 Å². The van der Waals surface area contributed by atoms with Crippen LogP contribution in [0.1, 0.15) is 11.4 Å². The average molecular weight is 348 g/mol. The largest absolute Gasteiger partial charge is 0.491 e. The Morgan fingerprint density at radius 2 is 1.73 bits per heavy atom. The van der Waals surface area contributed by atoms with Crippen LogP contribution in [0.25, 0.3) is 11.4 Å².